The number of methoxy groups -OCH3 is 1. The topological polar surface area (TPSA) is 102 Å². The lowest BCUT2D eigenvalue weighted by Gasteiger charge is -2.36. The number of hydrogen-bond donors (Lipinski definition) is 0. The molecule has 0 bridgehead atoms. The number of hydrogen-bond acceptors (Lipinski definition) is 8. The first-order valence-corrected chi connectivity index (χ1v) is 14.6. The Morgan fingerprint density at radius 1 is 1.07 bits per heavy atom. The van der Waals surface area contributed by atoms with Crippen molar-refractivity contribution in [3.05, 3.63) is 59.4 Å². The predicted molar refractivity (Wildman–Crippen MR) is 154 cm³/mol. The summed E-state index contributed by atoms with van der Waals surface area (Å²) in [5, 5.41) is 0. The van der Waals surface area contributed by atoms with E-state index in [1.165, 1.54) is 11.1 Å². The van der Waals surface area contributed by atoms with E-state index in [1.807, 2.05) is 18.0 Å². The Bertz CT molecular complexity index is 1690. The quantitative estimate of drug-likeness (QED) is 0.348. The number of rotatable bonds is 6. The fraction of sp³-hybridized carbons (Fsp3) is 0.419. The van der Waals surface area contributed by atoms with Gasteiger partial charge in [-0.25, -0.2) is 24.9 Å². The number of aromatic nitrogens is 6. The molecule has 4 aliphatic rings. The molecule has 10 nitrogen and oxygen atoms in total. The van der Waals surface area contributed by atoms with Crippen LogP contribution in [-0.2, 0) is 24.3 Å². The first kappa shape index (κ1) is 24.5. The van der Waals surface area contributed by atoms with Crippen LogP contribution in [-0.4, -0.2) is 55.1 Å². The van der Waals surface area contributed by atoms with Crippen LogP contribution in [0.3, 0.4) is 0 Å². The number of nitrogens with zero attached hydrogens (tertiary/aromatic N) is 8. The number of amides is 1. The van der Waals surface area contributed by atoms with Crippen LogP contribution in [0.25, 0.3) is 22.8 Å². The third kappa shape index (κ3) is 4.24. The number of aryl methyl sites for hydroxylation is 3. The summed E-state index contributed by atoms with van der Waals surface area (Å²) in [5.41, 5.74) is 7.17. The van der Waals surface area contributed by atoms with E-state index in [4.69, 9.17) is 19.7 Å². The lowest BCUT2D eigenvalue weighted by Crippen LogP contribution is -2.47. The predicted octanol–water partition coefficient (Wildman–Crippen LogP) is 4.45. The third-order valence-corrected chi connectivity index (χ3v) is 8.56. The molecule has 2 aliphatic carbocycles. The maximum atomic E-state index is 13.4. The van der Waals surface area contributed by atoms with Gasteiger partial charge >= 0.3 is 0 Å². The molecule has 0 radical (unpaired) electrons. The summed E-state index contributed by atoms with van der Waals surface area (Å²) in [6, 6.07) is 6.87. The Kier molecular flexibility index (Phi) is 5.58. The van der Waals surface area contributed by atoms with E-state index < -0.39 is 0 Å². The number of carbonyl (C=O) groups is 1. The van der Waals surface area contributed by atoms with Gasteiger partial charge in [0.15, 0.2) is 11.6 Å². The van der Waals surface area contributed by atoms with Gasteiger partial charge in [0.2, 0.25) is 11.8 Å². The number of ether oxygens (including phenoxy) is 1. The van der Waals surface area contributed by atoms with Crippen LogP contribution in [0.2, 0.25) is 0 Å². The summed E-state index contributed by atoms with van der Waals surface area (Å²) in [6.45, 7) is 3.87. The monoisotopic (exact) mass is 548 g/mol. The van der Waals surface area contributed by atoms with Gasteiger partial charge in [-0.15, -0.1) is 0 Å². The maximum absolute atomic E-state index is 13.4. The second-order valence-electron chi connectivity index (χ2n) is 11.7. The first-order valence-electron chi connectivity index (χ1n) is 14.6. The Balaban J connectivity index is 1.19. The SMILES string of the molecule is COc1ncnc(C2CC2)c1-c1ncc2c(n1)N(Cc1ccc3c(c1)CCCn1cc(C)nc1-3)CC(=O)N2C1CC1. The Morgan fingerprint density at radius 2 is 1.95 bits per heavy atom. The minimum Gasteiger partial charge on any atom is -0.480 e. The van der Waals surface area contributed by atoms with Crippen LogP contribution >= 0.6 is 0 Å². The molecule has 2 aliphatic heterocycles. The van der Waals surface area contributed by atoms with Gasteiger partial charge in [-0.1, -0.05) is 18.2 Å². The van der Waals surface area contributed by atoms with Crippen molar-refractivity contribution >= 4 is 17.4 Å². The molecule has 41 heavy (non-hydrogen) atoms. The van der Waals surface area contributed by atoms with E-state index in [0.717, 1.165) is 84.9 Å². The van der Waals surface area contributed by atoms with Crippen molar-refractivity contribution in [3.8, 4) is 28.7 Å². The van der Waals surface area contributed by atoms with Gasteiger partial charge in [0.1, 0.15) is 23.4 Å². The Hall–Kier alpha value is -4.34. The number of imidazole rings is 1. The number of benzene rings is 1. The van der Waals surface area contributed by atoms with Crippen LogP contribution in [0.15, 0.2) is 36.9 Å². The van der Waals surface area contributed by atoms with E-state index in [0.29, 0.717) is 24.2 Å². The molecule has 10 heteroatoms. The summed E-state index contributed by atoms with van der Waals surface area (Å²) in [4.78, 5) is 41.1. The van der Waals surface area contributed by atoms with E-state index in [2.05, 4.69) is 43.8 Å². The molecule has 8 rings (SSSR count). The van der Waals surface area contributed by atoms with Crippen molar-refractivity contribution in [2.75, 3.05) is 23.5 Å². The highest BCUT2D eigenvalue weighted by molar-refractivity contribution is 6.03. The molecule has 2 saturated carbocycles. The maximum Gasteiger partial charge on any atom is 0.246 e. The molecular formula is C31H32N8O2. The van der Waals surface area contributed by atoms with Gasteiger partial charge < -0.3 is 19.1 Å². The van der Waals surface area contributed by atoms with E-state index >= 15 is 0 Å². The van der Waals surface area contributed by atoms with Gasteiger partial charge in [0, 0.05) is 36.8 Å². The average Bonchev–Trinajstić information content (AvgIpc) is 3.90. The van der Waals surface area contributed by atoms with Gasteiger partial charge in [-0.2, -0.15) is 0 Å². The van der Waals surface area contributed by atoms with Crippen molar-refractivity contribution in [1.29, 1.82) is 0 Å². The molecule has 0 spiro atoms. The normalized spacial score (nSPS) is 18.0. The second kappa shape index (κ2) is 9.36. The van der Waals surface area contributed by atoms with Crippen LogP contribution in [0.5, 0.6) is 5.88 Å². The molecule has 1 aromatic carbocycles. The summed E-state index contributed by atoms with van der Waals surface area (Å²) in [6.07, 6.45) is 11.8. The molecule has 0 atom stereocenters. The second-order valence-corrected chi connectivity index (χ2v) is 11.7. The van der Waals surface area contributed by atoms with Gasteiger partial charge in [0.25, 0.3) is 0 Å². The summed E-state index contributed by atoms with van der Waals surface area (Å²) in [5.74, 6) is 3.32. The highest BCUT2D eigenvalue weighted by Gasteiger charge is 2.41. The van der Waals surface area contributed by atoms with Crippen LogP contribution in [0, 0.1) is 6.92 Å². The molecule has 0 N–H and O–H groups in total. The molecular weight excluding hydrogens is 516 g/mol. The molecule has 5 heterocycles. The molecule has 4 aromatic rings. The Labute approximate surface area is 238 Å². The minimum absolute atomic E-state index is 0.0999. The van der Waals surface area contributed by atoms with E-state index in [-0.39, 0.29) is 18.5 Å². The highest BCUT2D eigenvalue weighted by atomic mass is 16.5. The third-order valence-electron chi connectivity index (χ3n) is 8.56. The smallest absolute Gasteiger partial charge is 0.246 e. The molecule has 208 valence electrons. The fourth-order valence-corrected chi connectivity index (χ4v) is 6.38. The average molecular weight is 549 g/mol. The number of anilines is 2. The summed E-state index contributed by atoms with van der Waals surface area (Å²) >= 11 is 0. The molecule has 3 aromatic heterocycles. The van der Waals surface area contributed by atoms with Crippen molar-refractivity contribution in [2.45, 2.75) is 70.5 Å². The Morgan fingerprint density at radius 3 is 2.76 bits per heavy atom. The largest absolute Gasteiger partial charge is 0.480 e. The van der Waals surface area contributed by atoms with Gasteiger partial charge in [-0.05, 0) is 56.6 Å². The minimum atomic E-state index is 0.0999. The molecule has 1 amide bonds. The van der Waals surface area contributed by atoms with Crippen molar-refractivity contribution in [3.63, 3.8) is 0 Å². The fourth-order valence-electron chi connectivity index (χ4n) is 6.38. The first-order chi connectivity index (χ1) is 20.1. The van der Waals surface area contributed by atoms with E-state index in [1.54, 1.807) is 13.4 Å². The summed E-state index contributed by atoms with van der Waals surface area (Å²) in [7, 11) is 1.62. The summed E-state index contributed by atoms with van der Waals surface area (Å²) < 4.78 is 7.91. The molecule has 2 fully saturated rings. The zero-order valence-corrected chi connectivity index (χ0v) is 23.4. The zero-order chi connectivity index (χ0) is 27.7. The number of fused-ring (bicyclic) bond motifs is 4. The van der Waals surface area contributed by atoms with Crippen molar-refractivity contribution < 1.29 is 9.53 Å². The van der Waals surface area contributed by atoms with Crippen LogP contribution < -0.4 is 14.5 Å². The molecule has 0 unspecified atom stereocenters. The lowest BCUT2D eigenvalue weighted by atomic mass is 10.00. The van der Waals surface area contributed by atoms with E-state index in [9.17, 15) is 4.79 Å². The van der Waals surface area contributed by atoms with Gasteiger partial charge in [-0.3, -0.25) is 4.79 Å². The zero-order valence-electron chi connectivity index (χ0n) is 23.4. The standard InChI is InChI=1S/C31H32N8O2/c1-18-14-37-11-3-4-21-12-19(5-10-23(21)29(37)35-18)15-38-16-25(40)39(22-8-9-22)24-13-32-28(36-30(24)38)26-27(20-6-7-20)33-17-34-31(26)41-2/h5,10,12-14,17,20,22H,3-4,6-9,11,15-16H2,1-2H3. The van der Waals surface area contributed by atoms with Crippen LogP contribution in [0.1, 0.15) is 60.5 Å². The van der Waals surface area contributed by atoms with Gasteiger partial charge in [0.05, 0.1) is 31.2 Å². The van der Waals surface area contributed by atoms with Crippen molar-refractivity contribution in [1.82, 2.24) is 29.5 Å². The highest BCUT2D eigenvalue weighted by Crippen LogP contribution is 2.46. The molecule has 0 saturated heterocycles. The lowest BCUT2D eigenvalue weighted by molar-refractivity contribution is -0.117. The van der Waals surface area contributed by atoms with Crippen LogP contribution in [0.4, 0.5) is 11.5 Å². The number of carbonyl (C=O) groups excluding carboxylic acids is 1. The van der Waals surface area contributed by atoms with Crippen molar-refractivity contribution in [2.24, 2.45) is 0 Å².